The molecule has 1 aromatic carbocycles. The van der Waals surface area contributed by atoms with Crippen molar-refractivity contribution in [3.8, 4) is 5.75 Å². The molecule has 0 saturated heterocycles. The maximum Gasteiger partial charge on any atom is 0.320 e. The number of nitrogens with two attached hydrogens (primary N) is 1. The summed E-state index contributed by atoms with van der Waals surface area (Å²) in [4.78, 5) is 10.6. The molecule has 1 atom stereocenters. The third-order valence-electron chi connectivity index (χ3n) is 1.99. The Morgan fingerprint density at radius 3 is 2.80 bits per heavy atom. The zero-order chi connectivity index (χ0) is 11.4. The minimum absolute atomic E-state index is 0.329. The Balaban J connectivity index is 2.79. The van der Waals surface area contributed by atoms with Crippen LogP contribution in [0.4, 0.5) is 0 Å². The van der Waals surface area contributed by atoms with Gasteiger partial charge in [0.15, 0.2) is 0 Å². The van der Waals surface area contributed by atoms with Crippen LogP contribution in [-0.4, -0.2) is 24.2 Å². The number of ether oxygens (including phenoxy) is 1. The lowest BCUT2D eigenvalue weighted by molar-refractivity contribution is -0.138. The summed E-state index contributed by atoms with van der Waals surface area (Å²) >= 11 is 2.14. The molecule has 0 aliphatic rings. The molecule has 82 valence electrons. The third kappa shape index (κ3) is 3.35. The fourth-order valence-corrected chi connectivity index (χ4v) is 1.98. The van der Waals surface area contributed by atoms with Gasteiger partial charge in [0, 0.05) is 0 Å². The Bertz CT molecular complexity index is 368. The van der Waals surface area contributed by atoms with Crippen molar-refractivity contribution in [3.63, 3.8) is 0 Å². The van der Waals surface area contributed by atoms with Crippen LogP contribution in [0, 0.1) is 3.57 Å². The van der Waals surface area contributed by atoms with E-state index in [1.54, 1.807) is 7.11 Å². The van der Waals surface area contributed by atoms with E-state index in [0.29, 0.717) is 6.42 Å². The summed E-state index contributed by atoms with van der Waals surface area (Å²) in [5.41, 5.74) is 6.33. The van der Waals surface area contributed by atoms with E-state index in [1.807, 2.05) is 18.2 Å². The molecule has 0 radical (unpaired) electrons. The molecule has 0 bridgehead atoms. The Morgan fingerprint density at radius 1 is 1.67 bits per heavy atom. The standard InChI is InChI=1S/C10H12INO3/c1-15-9-3-2-6(4-7(9)11)5-8(12)10(13)14/h2-4,8H,5,12H2,1H3,(H,13,14). The van der Waals surface area contributed by atoms with E-state index in [0.717, 1.165) is 14.9 Å². The number of aliphatic carboxylic acids is 1. The number of hydrogen-bond donors (Lipinski definition) is 2. The van der Waals surface area contributed by atoms with Crippen LogP contribution in [0.5, 0.6) is 5.75 Å². The van der Waals surface area contributed by atoms with Gasteiger partial charge in [0.05, 0.1) is 10.7 Å². The highest BCUT2D eigenvalue weighted by atomic mass is 127. The Hall–Kier alpha value is -0.820. The van der Waals surface area contributed by atoms with E-state index in [1.165, 1.54) is 0 Å². The van der Waals surface area contributed by atoms with Gasteiger partial charge in [-0.3, -0.25) is 4.79 Å². The van der Waals surface area contributed by atoms with E-state index in [4.69, 9.17) is 15.6 Å². The van der Waals surface area contributed by atoms with Crippen LogP contribution < -0.4 is 10.5 Å². The summed E-state index contributed by atoms with van der Waals surface area (Å²) in [5.74, 6) is -0.205. The topological polar surface area (TPSA) is 72.5 Å². The number of benzene rings is 1. The fraction of sp³-hybridized carbons (Fsp3) is 0.300. The monoisotopic (exact) mass is 321 g/mol. The van der Waals surface area contributed by atoms with Crippen LogP contribution in [-0.2, 0) is 11.2 Å². The number of rotatable bonds is 4. The lowest BCUT2D eigenvalue weighted by Crippen LogP contribution is -2.32. The van der Waals surface area contributed by atoms with Gasteiger partial charge < -0.3 is 15.6 Å². The van der Waals surface area contributed by atoms with Gasteiger partial charge in [0.2, 0.25) is 0 Å². The van der Waals surface area contributed by atoms with Gasteiger partial charge in [0.1, 0.15) is 11.8 Å². The summed E-state index contributed by atoms with van der Waals surface area (Å²) in [6.07, 6.45) is 0.329. The van der Waals surface area contributed by atoms with E-state index in [-0.39, 0.29) is 0 Å². The molecule has 15 heavy (non-hydrogen) atoms. The second kappa shape index (κ2) is 5.32. The molecule has 0 heterocycles. The molecule has 1 rings (SSSR count). The van der Waals surface area contributed by atoms with Crippen molar-refractivity contribution in [1.82, 2.24) is 0 Å². The van der Waals surface area contributed by atoms with E-state index < -0.39 is 12.0 Å². The fourth-order valence-electron chi connectivity index (χ4n) is 1.18. The number of halogens is 1. The molecule has 1 aromatic rings. The third-order valence-corrected chi connectivity index (χ3v) is 2.83. The quantitative estimate of drug-likeness (QED) is 0.819. The molecule has 0 fully saturated rings. The minimum Gasteiger partial charge on any atom is -0.496 e. The van der Waals surface area contributed by atoms with Crippen molar-refractivity contribution in [2.75, 3.05) is 7.11 Å². The van der Waals surface area contributed by atoms with Crippen molar-refractivity contribution in [2.24, 2.45) is 5.73 Å². The van der Waals surface area contributed by atoms with Crippen LogP contribution in [0.1, 0.15) is 5.56 Å². The first-order chi connectivity index (χ1) is 7.04. The molecule has 0 amide bonds. The molecule has 3 N–H and O–H groups in total. The number of carboxylic acid groups (broad SMARTS) is 1. The first-order valence-corrected chi connectivity index (χ1v) is 5.43. The maximum absolute atomic E-state index is 10.6. The first-order valence-electron chi connectivity index (χ1n) is 4.35. The highest BCUT2D eigenvalue weighted by Gasteiger charge is 2.12. The SMILES string of the molecule is COc1ccc(CC(N)C(=O)O)cc1I. The molecule has 1 unspecified atom stereocenters. The molecular weight excluding hydrogens is 309 g/mol. The molecule has 0 aromatic heterocycles. The van der Waals surface area contributed by atoms with Gasteiger partial charge in [-0.2, -0.15) is 0 Å². The highest BCUT2D eigenvalue weighted by Crippen LogP contribution is 2.21. The van der Waals surface area contributed by atoms with E-state index >= 15 is 0 Å². The lowest BCUT2D eigenvalue weighted by Gasteiger charge is -2.08. The van der Waals surface area contributed by atoms with E-state index in [9.17, 15) is 4.79 Å². The van der Waals surface area contributed by atoms with Crippen molar-refractivity contribution in [1.29, 1.82) is 0 Å². The second-order valence-electron chi connectivity index (χ2n) is 3.12. The maximum atomic E-state index is 10.6. The first kappa shape index (κ1) is 12.3. The van der Waals surface area contributed by atoms with E-state index in [2.05, 4.69) is 22.6 Å². The van der Waals surface area contributed by atoms with Gasteiger partial charge in [-0.15, -0.1) is 0 Å². The minimum atomic E-state index is -0.985. The Morgan fingerprint density at radius 2 is 2.33 bits per heavy atom. The van der Waals surface area contributed by atoms with Gasteiger partial charge in [-0.05, 0) is 46.7 Å². The number of carboxylic acids is 1. The molecule has 4 nitrogen and oxygen atoms in total. The van der Waals surface area contributed by atoms with Gasteiger partial charge in [-0.1, -0.05) is 6.07 Å². The number of carbonyl (C=O) groups is 1. The molecule has 0 spiro atoms. The Labute approximate surface area is 102 Å². The zero-order valence-corrected chi connectivity index (χ0v) is 10.4. The van der Waals surface area contributed by atoms with Gasteiger partial charge in [0.25, 0.3) is 0 Å². The van der Waals surface area contributed by atoms with Crippen LogP contribution in [0.3, 0.4) is 0 Å². The molecule has 0 saturated carbocycles. The van der Waals surface area contributed by atoms with Crippen LogP contribution >= 0.6 is 22.6 Å². The largest absolute Gasteiger partial charge is 0.496 e. The Kier molecular flexibility index (Phi) is 4.34. The molecule has 0 aliphatic carbocycles. The average molecular weight is 321 g/mol. The molecule has 5 heteroatoms. The summed E-state index contributed by atoms with van der Waals surface area (Å²) in [6, 6.07) is 4.66. The van der Waals surface area contributed by atoms with Crippen LogP contribution in [0.15, 0.2) is 18.2 Å². The summed E-state index contributed by atoms with van der Waals surface area (Å²) in [7, 11) is 1.60. The number of methoxy groups -OCH3 is 1. The van der Waals surface area contributed by atoms with Crippen molar-refractivity contribution in [2.45, 2.75) is 12.5 Å². The highest BCUT2D eigenvalue weighted by molar-refractivity contribution is 14.1. The second-order valence-corrected chi connectivity index (χ2v) is 4.28. The lowest BCUT2D eigenvalue weighted by atomic mass is 10.1. The summed E-state index contributed by atoms with van der Waals surface area (Å²) in [6.45, 7) is 0. The smallest absolute Gasteiger partial charge is 0.320 e. The van der Waals surface area contributed by atoms with Crippen molar-refractivity contribution in [3.05, 3.63) is 27.3 Å². The molecule has 0 aliphatic heterocycles. The summed E-state index contributed by atoms with van der Waals surface area (Å²) < 4.78 is 6.05. The van der Waals surface area contributed by atoms with Gasteiger partial charge in [-0.25, -0.2) is 0 Å². The van der Waals surface area contributed by atoms with Gasteiger partial charge >= 0.3 is 5.97 Å². The zero-order valence-electron chi connectivity index (χ0n) is 8.24. The molecular formula is C10H12INO3. The number of hydrogen-bond acceptors (Lipinski definition) is 3. The van der Waals surface area contributed by atoms with Crippen molar-refractivity contribution >= 4 is 28.6 Å². The van der Waals surface area contributed by atoms with Crippen LogP contribution in [0.25, 0.3) is 0 Å². The predicted molar refractivity (Wildman–Crippen MR) is 65.0 cm³/mol. The summed E-state index contributed by atoms with van der Waals surface area (Å²) in [5, 5.41) is 8.66. The van der Waals surface area contributed by atoms with Crippen molar-refractivity contribution < 1.29 is 14.6 Å². The average Bonchev–Trinajstić information content (AvgIpc) is 2.18. The van der Waals surface area contributed by atoms with Crippen LogP contribution in [0.2, 0.25) is 0 Å². The normalized spacial score (nSPS) is 12.2. The predicted octanol–water partition coefficient (Wildman–Crippen LogP) is 1.25.